The molecular formula is C23H36N4O6S. The third-order valence-electron chi connectivity index (χ3n) is 5.62. The van der Waals surface area contributed by atoms with Crippen molar-refractivity contribution in [3.05, 3.63) is 29.8 Å². The van der Waals surface area contributed by atoms with E-state index < -0.39 is 47.9 Å². The number of hydrogen-bond acceptors (Lipinski definition) is 7. The second kappa shape index (κ2) is 13.8. The van der Waals surface area contributed by atoms with Gasteiger partial charge in [-0.2, -0.15) is 12.6 Å². The van der Waals surface area contributed by atoms with E-state index in [1.54, 1.807) is 32.9 Å². The van der Waals surface area contributed by atoms with Gasteiger partial charge in [0.2, 0.25) is 17.7 Å². The number of carboxylic acids is 1. The maximum Gasteiger partial charge on any atom is 0.326 e. The molecule has 0 aromatic heterocycles. The third-order valence-corrected chi connectivity index (χ3v) is 5.99. The van der Waals surface area contributed by atoms with Gasteiger partial charge in [0.05, 0.1) is 6.04 Å². The Kier molecular flexibility index (Phi) is 11.9. The normalized spacial score (nSPS) is 15.5. The Hall–Kier alpha value is -2.79. The van der Waals surface area contributed by atoms with Crippen LogP contribution in [0.25, 0.3) is 0 Å². The number of phenols is 1. The van der Waals surface area contributed by atoms with Crippen LogP contribution in [0.2, 0.25) is 0 Å². The molecule has 7 N–H and O–H groups in total. The highest BCUT2D eigenvalue weighted by Gasteiger charge is 2.31. The van der Waals surface area contributed by atoms with E-state index in [-0.39, 0.29) is 29.8 Å². The zero-order valence-corrected chi connectivity index (χ0v) is 20.8. The second-order valence-corrected chi connectivity index (χ2v) is 9.02. The van der Waals surface area contributed by atoms with E-state index in [0.717, 1.165) is 0 Å². The summed E-state index contributed by atoms with van der Waals surface area (Å²) in [5.74, 6) is -3.56. The molecule has 0 aliphatic heterocycles. The van der Waals surface area contributed by atoms with Gasteiger partial charge in [-0.1, -0.05) is 46.2 Å². The quantitative estimate of drug-likeness (QED) is 0.194. The van der Waals surface area contributed by atoms with Crippen molar-refractivity contribution in [3.8, 4) is 5.75 Å². The SMILES string of the molecule is CCC(C)C(NC(=O)C(CS)NC(=O)C(Cc1ccc(O)cc1)NC(=O)C(N)C(C)C)C(=O)O. The zero-order chi connectivity index (χ0) is 26.0. The highest BCUT2D eigenvalue weighted by atomic mass is 32.1. The summed E-state index contributed by atoms with van der Waals surface area (Å²) >= 11 is 4.13. The van der Waals surface area contributed by atoms with Crippen molar-refractivity contribution in [2.75, 3.05) is 5.75 Å². The van der Waals surface area contributed by atoms with Gasteiger partial charge >= 0.3 is 5.97 Å². The van der Waals surface area contributed by atoms with Crippen molar-refractivity contribution in [1.29, 1.82) is 0 Å². The molecule has 5 unspecified atom stereocenters. The molecular weight excluding hydrogens is 460 g/mol. The number of aliphatic carboxylic acids is 1. The molecule has 0 aliphatic rings. The summed E-state index contributed by atoms with van der Waals surface area (Å²) in [5, 5.41) is 26.6. The summed E-state index contributed by atoms with van der Waals surface area (Å²) in [7, 11) is 0. The van der Waals surface area contributed by atoms with Gasteiger partial charge in [-0.3, -0.25) is 14.4 Å². The molecule has 3 amide bonds. The van der Waals surface area contributed by atoms with Gasteiger partial charge in [0.1, 0.15) is 23.9 Å². The molecule has 0 aliphatic carbocycles. The number of carbonyl (C=O) groups excluding carboxylic acids is 3. The van der Waals surface area contributed by atoms with Crippen LogP contribution in [-0.4, -0.2) is 63.8 Å². The van der Waals surface area contributed by atoms with E-state index in [0.29, 0.717) is 12.0 Å². The number of amides is 3. The molecule has 10 nitrogen and oxygen atoms in total. The van der Waals surface area contributed by atoms with E-state index in [2.05, 4.69) is 28.6 Å². The van der Waals surface area contributed by atoms with E-state index >= 15 is 0 Å². The van der Waals surface area contributed by atoms with Crippen LogP contribution in [0.5, 0.6) is 5.75 Å². The first-order chi connectivity index (χ1) is 15.9. The highest BCUT2D eigenvalue weighted by molar-refractivity contribution is 7.80. The lowest BCUT2D eigenvalue weighted by Crippen LogP contribution is -2.59. The number of nitrogens with one attached hydrogen (secondary N) is 3. The van der Waals surface area contributed by atoms with Crippen LogP contribution >= 0.6 is 12.6 Å². The molecule has 0 spiro atoms. The molecule has 0 saturated heterocycles. The van der Waals surface area contributed by atoms with Crippen LogP contribution in [0.3, 0.4) is 0 Å². The van der Waals surface area contributed by atoms with Gasteiger partial charge < -0.3 is 31.9 Å². The Balaban J connectivity index is 3.04. The maximum atomic E-state index is 13.1. The summed E-state index contributed by atoms with van der Waals surface area (Å²) in [6, 6.07) is 1.97. The number of nitrogens with two attached hydrogens (primary N) is 1. The molecule has 1 aromatic carbocycles. The van der Waals surface area contributed by atoms with Gasteiger partial charge in [0, 0.05) is 12.2 Å². The molecule has 0 fully saturated rings. The monoisotopic (exact) mass is 496 g/mol. The predicted molar refractivity (Wildman–Crippen MR) is 131 cm³/mol. The Morgan fingerprint density at radius 1 is 0.941 bits per heavy atom. The van der Waals surface area contributed by atoms with Crippen molar-refractivity contribution >= 4 is 36.3 Å². The zero-order valence-electron chi connectivity index (χ0n) is 19.9. The van der Waals surface area contributed by atoms with Crippen LogP contribution in [0.15, 0.2) is 24.3 Å². The minimum absolute atomic E-state index is 0.0525. The molecule has 1 aromatic rings. The number of carboxylic acid groups (broad SMARTS) is 1. The van der Waals surface area contributed by atoms with E-state index in [1.165, 1.54) is 12.1 Å². The molecule has 1 rings (SSSR count). The van der Waals surface area contributed by atoms with Crippen molar-refractivity contribution in [2.24, 2.45) is 17.6 Å². The Morgan fingerprint density at radius 2 is 1.47 bits per heavy atom. The molecule has 5 atom stereocenters. The van der Waals surface area contributed by atoms with E-state index in [9.17, 15) is 29.4 Å². The summed E-state index contributed by atoms with van der Waals surface area (Å²) < 4.78 is 0. The number of hydrogen-bond donors (Lipinski definition) is 7. The fourth-order valence-corrected chi connectivity index (χ4v) is 3.31. The first kappa shape index (κ1) is 29.2. The van der Waals surface area contributed by atoms with Gasteiger partial charge in [-0.05, 0) is 29.5 Å². The topological polar surface area (TPSA) is 171 Å². The second-order valence-electron chi connectivity index (χ2n) is 8.66. The largest absolute Gasteiger partial charge is 0.508 e. The predicted octanol–water partition coefficient (Wildman–Crippen LogP) is 0.433. The van der Waals surface area contributed by atoms with Crippen LogP contribution in [0.1, 0.15) is 39.7 Å². The summed E-state index contributed by atoms with van der Waals surface area (Å²) in [6.45, 7) is 7.06. The average molecular weight is 497 g/mol. The molecule has 0 heterocycles. The molecule has 0 radical (unpaired) electrons. The van der Waals surface area contributed by atoms with Crippen LogP contribution < -0.4 is 21.7 Å². The van der Waals surface area contributed by atoms with E-state index in [4.69, 9.17) is 5.73 Å². The fourth-order valence-electron chi connectivity index (χ4n) is 3.05. The standard InChI is InChI=1S/C23H36N4O6S/c1-5-13(4)19(23(32)33)27-21(30)17(11-34)26-20(29)16(25-22(31)18(24)12(2)3)10-14-6-8-15(28)9-7-14/h6-9,12-13,16-19,28,34H,5,10-11,24H2,1-4H3,(H,25,31)(H,26,29)(H,27,30)(H,32,33). The Morgan fingerprint density at radius 3 is 1.94 bits per heavy atom. The first-order valence-electron chi connectivity index (χ1n) is 11.2. The molecule has 0 saturated carbocycles. The van der Waals surface area contributed by atoms with Gasteiger partial charge in [-0.25, -0.2) is 4.79 Å². The van der Waals surface area contributed by atoms with Crippen LogP contribution in [0, 0.1) is 11.8 Å². The minimum Gasteiger partial charge on any atom is -0.508 e. The van der Waals surface area contributed by atoms with Crippen molar-refractivity contribution in [2.45, 2.75) is 64.7 Å². The Labute approximate surface area is 205 Å². The fraction of sp³-hybridized carbons (Fsp3) is 0.565. The highest BCUT2D eigenvalue weighted by Crippen LogP contribution is 2.13. The summed E-state index contributed by atoms with van der Waals surface area (Å²) in [4.78, 5) is 49.9. The molecule has 0 bridgehead atoms. The van der Waals surface area contributed by atoms with Gasteiger partial charge in [0.15, 0.2) is 0 Å². The minimum atomic E-state index is -1.17. The summed E-state index contributed by atoms with van der Waals surface area (Å²) in [5.41, 5.74) is 6.57. The smallest absolute Gasteiger partial charge is 0.326 e. The van der Waals surface area contributed by atoms with Gasteiger partial charge in [0.25, 0.3) is 0 Å². The summed E-state index contributed by atoms with van der Waals surface area (Å²) in [6.07, 6.45) is 0.611. The number of aromatic hydroxyl groups is 1. The van der Waals surface area contributed by atoms with Gasteiger partial charge in [-0.15, -0.1) is 0 Å². The lowest BCUT2D eigenvalue weighted by molar-refractivity contribution is -0.143. The lowest BCUT2D eigenvalue weighted by Gasteiger charge is -2.26. The number of phenolic OH excluding ortho intramolecular Hbond substituents is 1. The van der Waals surface area contributed by atoms with Crippen LogP contribution in [0.4, 0.5) is 0 Å². The molecule has 190 valence electrons. The lowest BCUT2D eigenvalue weighted by atomic mass is 9.99. The number of thiol groups is 1. The van der Waals surface area contributed by atoms with Crippen molar-refractivity contribution in [3.63, 3.8) is 0 Å². The third kappa shape index (κ3) is 8.86. The molecule has 11 heteroatoms. The molecule has 34 heavy (non-hydrogen) atoms. The van der Waals surface area contributed by atoms with Crippen molar-refractivity contribution < 1.29 is 29.4 Å². The maximum absolute atomic E-state index is 13.1. The number of benzene rings is 1. The average Bonchev–Trinajstić information content (AvgIpc) is 2.79. The van der Waals surface area contributed by atoms with Crippen LogP contribution in [-0.2, 0) is 25.6 Å². The Bertz CT molecular complexity index is 848. The first-order valence-corrected chi connectivity index (χ1v) is 11.8. The van der Waals surface area contributed by atoms with Crippen molar-refractivity contribution in [1.82, 2.24) is 16.0 Å². The number of carbonyl (C=O) groups is 4. The van der Waals surface area contributed by atoms with E-state index in [1.807, 2.05) is 6.92 Å². The number of rotatable bonds is 13.